The van der Waals surface area contributed by atoms with Crippen LogP contribution in [0.15, 0.2) is 22.4 Å². The highest BCUT2D eigenvalue weighted by molar-refractivity contribution is 7.15. The normalized spacial score (nSPS) is 12.2. The SMILES string of the molecule is O=c1cc(C(F)(F)Cl)n2ccsc2n1. The highest BCUT2D eigenvalue weighted by atomic mass is 35.5. The smallest absolute Gasteiger partial charge is 0.289 e. The molecule has 0 N–H and O–H groups in total. The minimum atomic E-state index is -3.56. The van der Waals surface area contributed by atoms with Gasteiger partial charge in [-0.05, 0) is 11.6 Å². The molecule has 3 nitrogen and oxygen atoms in total. The van der Waals surface area contributed by atoms with E-state index in [0.717, 1.165) is 21.8 Å². The summed E-state index contributed by atoms with van der Waals surface area (Å²) in [4.78, 5) is 14.7. The molecular formula is C7H3ClF2N2OS. The number of thiazole rings is 1. The Balaban J connectivity index is 2.87. The summed E-state index contributed by atoms with van der Waals surface area (Å²) in [5.74, 6) is 0. The summed E-state index contributed by atoms with van der Waals surface area (Å²) in [7, 11) is 0. The average Bonchev–Trinajstić information content (AvgIpc) is 2.47. The van der Waals surface area contributed by atoms with Crippen molar-refractivity contribution in [3.63, 3.8) is 0 Å². The lowest BCUT2D eigenvalue weighted by atomic mass is 10.4. The van der Waals surface area contributed by atoms with Crippen LogP contribution in [0, 0.1) is 0 Å². The maximum atomic E-state index is 12.8. The fourth-order valence-electron chi connectivity index (χ4n) is 1.07. The van der Waals surface area contributed by atoms with E-state index >= 15 is 0 Å². The van der Waals surface area contributed by atoms with E-state index in [4.69, 9.17) is 11.6 Å². The zero-order valence-corrected chi connectivity index (χ0v) is 8.15. The fraction of sp³-hybridized carbons (Fsp3) is 0.143. The molecule has 2 aromatic rings. The summed E-state index contributed by atoms with van der Waals surface area (Å²) in [5, 5.41) is -2.01. The molecule has 0 radical (unpaired) electrons. The van der Waals surface area contributed by atoms with Crippen LogP contribution < -0.4 is 5.56 Å². The Hall–Kier alpha value is -1.01. The van der Waals surface area contributed by atoms with Crippen molar-refractivity contribution in [1.29, 1.82) is 0 Å². The van der Waals surface area contributed by atoms with E-state index in [1.54, 1.807) is 5.38 Å². The van der Waals surface area contributed by atoms with Crippen molar-refractivity contribution in [2.24, 2.45) is 0 Å². The average molecular weight is 237 g/mol. The molecule has 2 rings (SSSR count). The van der Waals surface area contributed by atoms with Gasteiger partial charge in [0.1, 0.15) is 5.69 Å². The van der Waals surface area contributed by atoms with Gasteiger partial charge >= 0.3 is 5.38 Å². The number of aromatic nitrogens is 2. The van der Waals surface area contributed by atoms with E-state index in [1.807, 2.05) is 0 Å². The first kappa shape index (κ1) is 9.54. The van der Waals surface area contributed by atoms with E-state index in [0.29, 0.717) is 0 Å². The molecule has 0 aliphatic carbocycles. The van der Waals surface area contributed by atoms with Crippen LogP contribution in [0.5, 0.6) is 0 Å². The van der Waals surface area contributed by atoms with E-state index < -0.39 is 16.6 Å². The molecule has 0 aliphatic rings. The highest BCUT2D eigenvalue weighted by Crippen LogP contribution is 2.31. The Kier molecular flexibility index (Phi) is 2.04. The monoisotopic (exact) mass is 236 g/mol. The van der Waals surface area contributed by atoms with Gasteiger partial charge in [0.15, 0.2) is 4.96 Å². The summed E-state index contributed by atoms with van der Waals surface area (Å²) in [6.45, 7) is 0. The highest BCUT2D eigenvalue weighted by Gasteiger charge is 2.31. The van der Waals surface area contributed by atoms with E-state index in [-0.39, 0.29) is 4.96 Å². The maximum absolute atomic E-state index is 12.8. The predicted octanol–water partition coefficient (Wildman–Crippen LogP) is 2.04. The van der Waals surface area contributed by atoms with Gasteiger partial charge in [-0.3, -0.25) is 9.20 Å². The third-order valence-electron chi connectivity index (χ3n) is 1.61. The van der Waals surface area contributed by atoms with Crippen molar-refractivity contribution in [2.75, 3.05) is 0 Å². The molecule has 7 heteroatoms. The minimum absolute atomic E-state index is 0.202. The van der Waals surface area contributed by atoms with Crippen LogP contribution in [-0.4, -0.2) is 9.38 Å². The molecule has 0 saturated carbocycles. The van der Waals surface area contributed by atoms with Crippen LogP contribution in [0.25, 0.3) is 4.96 Å². The molecule has 14 heavy (non-hydrogen) atoms. The summed E-state index contributed by atoms with van der Waals surface area (Å²) >= 11 is 5.94. The van der Waals surface area contributed by atoms with Crippen molar-refractivity contribution in [1.82, 2.24) is 9.38 Å². The minimum Gasteiger partial charge on any atom is -0.289 e. The predicted molar refractivity (Wildman–Crippen MR) is 49.1 cm³/mol. The molecule has 0 bridgehead atoms. The number of hydrogen-bond donors (Lipinski definition) is 0. The first-order valence-corrected chi connectivity index (χ1v) is 4.78. The van der Waals surface area contributed by atoms with Crippen molar-refractivity contribution in [2.45, 2.75) is 5.38 Å². The Labute approximate surface area is 85.6 Å². The number of fused-ring (bicyclic) bond motifs is 1. The van der Waals surface area contributed by atoms with Crippen LogP contribution in [0.4, 0.5) is 8.78 Å². The van der Waals surface area contributed by atoms with Gasteiger partial charge in [0.05, 0.1) is 0 Å². The third kappa shape index (κ3) is 1.51. The summed E-state index contributed by atoms with van der Waals surface area (Å²) in [6.07, 6.45) is 1.39. The van der Waals surface area contributed by atoms with Crippen LogP contribution in [0.3, 0.4) is 0 Å². The van der Waals surface area contributed by atoms with Gasteiger partial charge in [-0.1, -0.05) is 0 Å². The number of hydrogen-bond acceptors (Lipinski definition) is 3. The second-order valence-corrected chi connectivity index (χ2v) is 3.88. The molecule has 74 valence electrons. The Morgan fingerprint density at radius 1 is 1.57 bits per heavy atom. The van der Waals surface area contributed by atoms with Gasteiger partial charge in [0, 0.05) is 17.6 Å². The molecule has 2 aromatic heterocycles. The number of halogens is 3. The molecule has 0 fully saturated rings. The molecule has 0 aliphatic heterocycles. The molecule has 0 unspecified atom stereocenters. The standard InChI is InChI=1S/C7H3ClF2N2OS/c8-7(9,10)4-3-5(13)11-6-12(4)1-2-14-6/h1-3H. The second-order valence-electron chi connectivity index (χ2n) is 2.53. The van der Waals surface area contributed by atoms with E-state index in [1.165, 1.54) is 6.20 Å². The Bertz CT molecular complexity index is 530. The largest absolute Gasteiger partial charge is 0.363 e. The van der Waals surface area contributed by atoms with E-state index in [2.05, 4.69) is 4.98 Å². The summed E-state index contributed by atoms with van der Waals surface area (Å²) < 4.78 is 26.7. The van der Waals surface area contributed by atoms with Crippen LogP contribution in [0.2, 0.25) is 0 Å². The van der Waals surface area contributed by atoms with Crippen molar-refractivity contribution in [3.05, 3.63) is 33.7 Å². The van der Waals surface area contributed by atoms with Crippen molar-refractivity contribution < 1.29 is 8.78 Å². The topological polar surface area (TPSA) is 34.4 Å². The number of rotatable bonds is 1. The molecule has 0 atom stereocenters. The molecular weight excluding hydrogens is 234 g/mol. The molecule has 0 saturated heterocycles. The van der Waals surface area contributed by atoms with Crippen LogP contribution >= 0.6 is 22.9 Å². The van der Waals surface area contributed by atoms with Gasteiger partial charge in [0.2, 0.25) is 0 Å². The first-order valence-electron chi connectivity index (χ1n) is 3.52. The number of nitrogens with zero attached hydrogens (tertiary/aromatic N) is 2. The quantitative estimate of drug-likeness (QED) is 0.710. The Morgan fingerprint density at radius 2 is 2.29 bits per heavy atom. The molecule has 0 amide bonds. The maximum Gasteiger partial charge on any atom is 0.363 e. The lowest BCUT2D eigenvalue weighted by Gasteiger charge is -2.08. The molecule has 0 aromatic carbocycles. The number of alkyl halides is 3. The van der Waals surface area contributed by atoms with Gasteiger partial charge in [0.25, 0.3) is 5.56 Å². The van der Waals surface area contributed by atoms with Gasteiger partial charge < -0.3 is 0 Å². The van der Waals surface area contributed by atoms with E-state index in [9.17, 15) is 13.6 Å². The Morgan fingerprint density at radius 3 is 2.93 bits per heavy atom. The van der Waals surface area contributed by atoms with Gasteiger partial charge in [-0.15, -0.1) is 11.3 Å². The summed E-state index contributed by atoms with van der Waals surface area (Å²) in [5.41, 5.74) is -1.28. The zero-order valence-electron chi connectivity index (χ0n) is 6.58. The van der Waals surface area contributed by atoms with Gasteiger partial charge in [-0.25, -0.2) is 0 Å². The van der Waals surface area contributed by atoms with Crippen LogP contribution in [0.1, 0.15) is 5.69 Å². The van der Waals surface area contributed by atoms with Crippen LogP contribution in [-0.2, 0) is 5.38 Å². The van der Waals surface area contributed by atoms with Gasteiger partial charge in [-0.2, -0.15) is 13.8 Å². The lowest BCUT2D eigenvalue weighted by Crippen LogP contribution is -2.16. The zero-order chi connectivity index (χ0) is 10.3. The van der Waals surface area contributed by atoms with Crippen molar-refractivity contribution in [3.8, 4) is 0 Å². The second kappa shape index (κ2) is 2.99. The fourth-order valence-corrected chi connectivity index (χ4v) is 1.93. The molecule has 0 spiro atoms. The molecule has 2 heterocycles. The lowest BCUT2D eigenvalue weighted by molar-refractivity contribution is 0.0884. The summed E-state index contributed by atoms with van der Waals surface area (Å²) in [6, 6.07) is 0.729. The first-order chi connectivity index (χ1) is 6.48. The third-order valence-corrected chi connectivity index (χ3v) is 2.56. The van der Waals surface area contributed by atoms with Crippen molar-refractivity contribution >= 4 is 27.9 Å².